The average molecular weight is 415 g/mol. The Balaban J connectivity index is 1.91. The molecule has 0 aliphatic carbocycles. The van der Waals surface area contributed by atoms with Crippen LogP contribution in [0.15, 0.2) is 46.2 Å². The fraction of sp³-hybridized carbons (Fsp3) is 0.235. The van der Waals surface area contributed by atoms with E-state index in [9.17, 15) is 22.0 Å². The van der Waals surface area contributed by atoms with Crippen molar-refractivity contribution in [3.8, 4) is 5.75 Å². The van der Waals surface area contributed by atoms with Gasteiger partial charge in [0.2, 0.25) is 10.0 Å². The predicted molar refractivity (Wildman–Crippen MR) is 98.1 cm³/mol. The minimum absolute atomic E-state index is 0.0735. The molecule has 2 rings (SSSR count). The number of primary amides is 1. The molecule has 0 bridgehead atoms. The lowest BCUT2D eigenvalue weighted by molar-refractivity contribution is -0.120. The van der Waals surface area contributed by atoms with E-state index < -0.39 is 39.9 Å². The van der Waals surface area contributed by atoms with Crippen molar-refractivity contribution in [1.29, 1.82) is 0 Å². The minimum atomic E-state index is -3.65. The molecule has 3 N–H and O–H groups in total. The molecule has 0 radical (unpaired) electrons. The third-order valence-electron chi connectivity index (χ3n) is 3.32. The summed E-state index contributed by atoms with van der Waals surface area (Å²) < 4.78 is 59.1. The number of thioether (sulfide) groups is 1. The Morgan fingerprint density at radius 2 is 1.78 bits per heavy atom. The number of benzene rings is 2. The maximum atomic E-state index is 13.9. The number of hydrogen-bond acceptors (Lipinski definition) is 5. The largest absolute Gasteiger partial charge is 0.478 e. The highest BCUT2D eigenvalue weighted by molar-refractivity contribution is 7.99. The number of amides is 1. The van der Waals surface area contributed by atoms with Crippen LogP contribution in [0.4, 0.5) is 8.78 Å². The monoisotopic (exact) mass is 415 g/mol. The lowest BCUT2D eigenvalue weighted by atomic mass is 10.0. The summed E-state index contributed by atoms with van der Waals surface area (Å²) in [4.78, 5) is 11.0. The second-order valence-electron chi connectivity index (χ2n) is 5.53. The first-order chi connectivity index (χ1) is 12.7. The normalized spacial score (nSPS) is 11.4. The lowest BCUT2D eigenvalue weighted by Crippen LogP contribution is -2.26. The molecule has 2 aromatic carbocycles. The van der Waals surface area contributed by atoms with Crippen LogP contribution in [0.5, 0.6) is 5.75 Å². The molecule has 2 aromatic rings. The average Bonchev–Trinajstić information content (AvgIpc) is 2.58. The van der Waals surface area contributed by atoms with E-state index in [1.807, 2.05) is 6.92 Å². The standard InChI is InChI=1S/C17H18F2N2O4S2/c1-11-2-4-13(5-3-11)27(23,24)21-6-7-26-12-8-14(18)17(15(19)9-12)25-10-16(20)22/h2-5,8-9,21H,6-7,10H2,1H3,(H2,20,22)/i1-1. The SMILES string of the molecule is [11CH3]c1ccc(S(=O)(=O)NCCSc2cc(F)c(OCC(N)=O)c(F)c2)cc1. The molecule has 27 heavy (non-hydrogen) atoms. The van der Waals surface area contributed by atoms with Crippen molar-refractivity contribution in [2.75, 3.05) is 18.9 Å². The van der Waals surface area contributed by atoms with Crippen molar-refractivity contribution in [1.82, 2.24) is 4.72 Å². The Kier molecular flexibility index (Phi) is 7.17. The Morgan fingerprint density at radius 3 is 2.33 bits per heavy atom. The third kappa shape index (κ3) is 6.19. The Morgan fingerprint density at radius 1 is 1.19 bits per heavy atom. The summed E-state index contributed by atoms with van der Waals surface area (Å²) in [5.74, 6) is -3.23. The van der Waals surface area contributed by atoms with Gasteiger partial charge >= 0.3 is 0 Å². The van der Waals surface area contributed by atoms with Gasteiger partial charge in [0.1, 0.15) is 0 Å². The Bertz CT molecular complexity index is 896. The number of carbonyl (C=O) groups excluding carboxylic acids is 1. The van der Waals surface area contributed by atoms with Gasteiger partial charge < -0.3 is 10.5 Å². The summed E-state index contributed by atoms with van der Waals surface area (Å²) in [6.45, 7) is 1.29. The van der Waals surface area contributed by atoms with Crippen LogP contribution in [0.3, 0.4) is 0 Å². The van der Waals surface area contributed by atoms with Crippen LogP contribution in [-0.4, -0.2) is 33.2 Å². The smallest absolute Gasteiger partial charge is 0.255 e. The molecular formula is C17H18F2N2O4S2. The zero-order valence-corrected chi connectivity index (χ0v) is 16.0. The van der Waals surface area contributed by atoms with Crippen molar-refractivity contribution in [3.63, 3.8) is 0 Å². The number of ether oxygens (including phenoxy) is 1. The van der Waals surface area contributed by atoms with E-state index in [2.05, 4.69) is 9.46 Å². The van der Waals surface area contributed by atoms with Gasteiger partial charge in [-0.15, -0.1) is 11.8 Å². The molecule has 10 heteroatoms. The fourth-order valence-electron chi connectivity index (χ4n) is 2.05. The number of nitrogens with one attached hydrogen (secondary N) is 1. The van der Waals surface area contributed by atoms with Gasteiger partial charge in [-0.25, -0.2) is 21.9 Å². The number of hydrogen-bond donors (Lipinski definition) is 2. The molecule has 0 fully saturated rings. The second-order valence-corrected chi connectivity index (χ2v) is 8.47. The van der Waals surface area contributed by atoms with Gasteiger partial charge in [0, 0.05) is 17.2 Å². The molecule has 1 amide bonds. The summed E-state index contributed by atoms with van der Waals surface area (Å²) in [6, 6.07) is 8.46. The summed E-state index contributed by atoms with van der Waals surface area (Å²) in [5, 5.41) is 0. The maximum absolute atomic E-state index is 13.9. The summed E-state index contributed by atoms with van der Waals surface area (Å²) in [6.07, 6.45) is 0. The van der Waals surface area contributed by atoms with Crippen LogP contribution in [0, 0.1) is 18.6 Å². The van der Waals surface area contributed by atoms with Crippen molar-refractivity contribution >= 4 is 27.7 Å². The highest BCUT2D eigenvalue weighted by atomic mass is 32.2. The first kappa shape index (κ1) is 21.1. The van der Waals surface area contributed by atoms with Crippen molar-refractivity contribution in [2.45, 2.75) is 16.7 Å². The van der Waals surface area contributed by atoms with Crippen molar-refractivity contribution < 1.29 is 26.7 Å². The van der Waals surface area contributed by atoms with Gasteiger partial charge in [-0.1, -0.05) is 17.7 Å². The molecule has 0 atom stereocenters. The number of nitrogens with two attached hydrogens (primary N) is 1. The fourth-order valence-corrected chi connectivity index (χ4v) is 4.02. The molecular weight excluding hydrogens is 397 g/mol. The number of halogens is 2. The molecule has 0 saturated carbocycles. The molecule has 0 saturated heterocycles. The van der Waals surface area contributed by atoms with Gasteiger partial charge in [0.05, 0.1) is 4.90 Å². The highest BCUT2D eigenvalue weighted by Crippen LogP contribution is 2.28. The summed E-state index contributed by atoms with van der Waals surface area (Å²) >= 11 is 1.07. The number of aryl methyl sites for hydroxylation is 1. The molecule has 0 spiro atoms. The summed E-state index contributed by atoms with van der Waals surface area (Å²) in [5.41, 5.74) is 5.81. The Labute approximate surface area is 160 Å². The third-order valence-corrected chi connectivity index (χ3v) is 5.78. The zero-order chi connectivity index (χ0) is 20.0. The van der Waals surface area contributed by atoms with Crippen LogP contribution >= 0.6 is 11.8 Å². The van der Waals surface area contributed by atoms with E-state index in [0.717, 1.165) is 29.5 Å². The number of rotatable bonds is 9. The highest BCUT2D eigenvalue weighted by Gasteiger charge is 2.15. The minimum Gasteiger partial charge on any atom is -0.478 e. The van der Waals surface area contributed by atoms with Gasteiger partial charge in [0.25, 0.3) is 5.91 Å². The molecule has 0 aliphatic heterocycles. The first-order valence-corrected chi connectivity index (χ1v) is 10.2. The van der Waals surface area contributed by atoms with Crippen LogP contribution < -0.4 is 15.2 Å². The summed E-state index contributed by atoms with van der Waals surface area (Å²) in [7, 11) is -3.65. The molecule has 0 heterocycles. The second kappa shape index (κ2) is 9.16. The van der Waals surface area contributed by atoms with E-state index in [4.69, 9.17) is 5.73 Å². The van der Waals surface area contributed by atoms with Gasteiger partial charge in [-0.05, 0) is 31.2 Å². The molecule has 146 valence electrons. The van der Waals surface area contributed by atoms with Gasteiger partial charge in [-0.2, -0.15) is 0 Å². The Hall–Kier alpha value is -2.17. The predicted octanol–water partition coefficient (Wildman–Crippen LogP) is 2.21. The van der Waals surface area contributed by atoms with Crippen LogP contribution in [0.2, 0.25) is 0 Å². The quantitative estimate of drug-likeness (QED) is 0.483. The van der Waals surface area contributed by atoms with Crippen LogP contribution in [0.1, 0.15) is 5.56 Å². The van der Waals surface area contributed by atoms with Gasteiger partial charge in [-0.3, -0.25) is 4.79 Å². The number of sulfonamides is 1. The van der Waals surface area contributed by atoms with E-state index in [0.29, 0.717) is 0 Å². The van der Waals surface area contributed by atoms with E-state index in [1.165, 1.54) is 12.1 Å². The van der Waals surface area contributed by atoms with E-state index in [1.54, 1.807) is 12.1 Å². The molecule has 0 aromatic heterocycles. The maximum Gasteiger partial charge on any atom is 0.255 e. The van der Waals surface area contributed by atoms with Gasteiger partial charge in [0.15, 0.2) is 24.0 Å². The van der Waals surface area contributed by atoms with E-state index in [-0.39, 0.29) is 22.1 Å². The van der Waals surface area contributed by atoms with E-state index >= 15 is 0 Å². The lowest BCUT2D eigenvalue weighted by Gasteiger charge is -2.09. The van der Waals surface area contributed by atoms with Crippen molar-refractivity contribution in [2.24, 2.45) is 5.73 Å². The molecule has 6 nitrogen and oxygen atoms in total. The molecule has 0 unspecified atom stereocenters. The van der Waals surface area contributed by atoms with Crippen molar-refractivity contribution in [3.05, 3.63) is 53.6 Å². The topological polar surface area (TPSA) is 98.5 Å². The first-order valence-electron chi connectivity index (χ1n) is 7.78. The van der Waals surface area contributed by atoms with Crippen LogP contribution in [0.25, 0.3) is 0 Å². The zero-order valence-electron chi connectivity index (χ0n) is 14.4. The molecule has 0 aliphatic rings. The van der Waals surface area contributed by atoms with Crippen LogP contribution in [-0.2, 0) is 14.8 Å². The number of carbonyl (C=O) groups is 1.